The second-order valence-electron chi connectivity index (χ2n) is 4.97. The van der Waals surface area contributed by atoms with E-state index in [4.69, 9.17) is 0 Å². The Bertz CT molecular complexity index is 396. The summed E-state index contributed by atoms with van der Waals surface area (Å²) in [6, 6.07) is 4.98. The van der Waals surface area contributed by atoms with Crippen molar-refractivity contribution in [2.45, 2.75) is 52.0 Å². The predicted molar refractivity (Wildman–Crippen MR) is 62.8 cm³/mol. The zero-order chi connectivity index (χ0) is 11.6. The van der Waals surface area contributed by atoms with Gasteiger partial charge in [0.2, 0.25) is 0 Å². The third-order valence-corrected chi connectivity index (χ3v) is 3.77. The SMILES string of the molecule is CCC(C)n1ccc(CC2(C#N)CCC2)n1. The largest absolute Gasteiger partial charge is 0.270 e. The Labute approximate surface area is 97.1 Å². The maximum absolute atomic E-state index is 9.18. The molecule has 16 heavy (non-hydrogen) atoms. The van der Waals surface area contributed by atoms with Gasteiger partial charge in [-0.2, -0.15) is 10.4 Å². The van der Waals surface area contributed by atoms with Crippen LogP contribution < -0.4 is 0 Å². The monoisotopic (exact) mass is 217 g/mol. The molecule has 2 rings (SSSR count). The summed E-state index contributed by atoms with van der Waals surface area (Å²) < 4.78 is 2.01. The molecule has 1 fully saturated rings. The molecule has 1 unspecified atom stereocenters. The van der Waals surface area contributed by atoms with Crippen LogP contribution in [0.1, 0.15) is 51.3 Å². The van der Waals surface area contributed by atoms with Crippen LogP contribution in [-0.4, -0.2) is 9.78 Å². The summed E-state index contributed by atoms with van der Waals surface area (Å²) in [5, 5.41) is 13.7. The van der Waals surface area contributed by atoms with Gasteiger partial charge in [0.25, 0.3) is 0 Å². The predicted octanol–water partition coefficient (Wildman–Crippen LogP) is 3.09. The first-order chi connectivity index (χ1) is 7.69. The van der Waals surface area contributed by atoms with Crippen LogP contribution in [0, 0.1) is 16.7 Å². The molecule has 1 aliphatic carbocycles. The number of nitriles is 1. The molecule has 0 aromatic carbocycles. The molecule has 1 heterocycles. The number of aromatic nitrogens is 2. The summed E-state index contributed by atoms with van der Waals surface area (Å²) in [5.74, 6) is 0. The third-order valence-electron chi connectivity index (χ3n) is 3.77. The molecular weight excluding hydrogens is 198 g/mol. The maximum atomic E-state index is 9.18. The standard InChI is InChI=1S/C13H19N3/c1-3-11(2)16-8-5-12(15-16)9-13(10-14)6-4-7-13/h5,8,11H,3-4,6-7,9H2,1-2H3. The molecule has 0 N–H and O–H groups in total. The molecule has 1 atom stereocenters. The van der Waals surface area contributed by atoms with Crippen molar-refractivity contribution in [1.29, 1.82) is 5.26 Å². The number of nitrogens with zero attached hydrogens (tertiary/aromatic N) is 3. The minimum absolute atomic E-state index is 0.103. The molecule has 86 valence electrons. The smallest absolute Gasteiger partial charge is 0.0693 e. The van der Waals surface area contributed by atoms with Gasteiger partial charge < -0.3 is 0 Å². The van der Waals surface area contributed by atoms with Gasteiger partial charge in [-0.3, -0.25) is 4.68 Å². The Morgan fingerprint density at radius 3 is 2.88 bits per heavy atom. The molecule has 0 bridgehead atoms. The summed E-state index contributed by atoms with van der Waals surface area (Å²) in [4.78, 5) is 0. The highest BCUT2D eigenvalue weighted by Crippen LogP contribution is 2.42. The molecule has 1 aromatic rings. The molecule has 0 aliphatic heterocycles. The van der Waals surface area contributed by atoms with Crippen LogP contribution in [0.15, 0.2) is 12.3 Å². The van der Waals surface area contributed by atoms with Crippen LogP contribution in [0.25, 0.3) is 0 Å². The van der Waals surface area contributed by atoms with Gasteiger partial charge >= 0.3 is 0 Å². The van der Waals surface area contributed by atoms with Gasteiger partial charge in [-0.15, -0.1) is 0 Å². The van der Waals surface area contributed by atoms with Gasteiger partial charge in [-0.05, 0) is 32.3 Å². The quantitative estimate of drug-likeness (QED) is 0.777. The van der Waals surface area contributed by atoms with E-state index in [0.29, 0.717) is 6.04 Å². The first-order valence-electron chi connectivity index (χ1n) is 6.14. The molecular formula is C13H19N3. The van der Waals surface area contributed by atoms with Crippen LogP contribution >= 0.6 is 0 Å². The average Bonchev–Trinajstić information content (AvgIpc) is 2.70. The topological polar surface area (TPSA) is 41.6 Å². The number of hydrogen-bond donors (Lipinski definition) is 0. The highest BCUT2D eigenvalue weighted by atomic mass is 15.3. The average molecular weight is 217 g/mol. The molecule has 1 saturated carbocycles. The molecule has 0 radical (unpaired) electrons. The molecule has 0 saturated heterocycles. The lowest BCUT2D eigenvalue weighted by atomic mass is 9.67. The van der Waals surface area contributed by atoms with E-state index in [1.807, 2.05) is 10.9 Å². The van der Waals surface area contributed by atoms with Crippen molar-refractivity contribution in [3.63, 3.8) is 0 Å². The van der Waals surface area contributed by atoms with Crippen LogP contribution in [0.2, 0.25) is 0 Å². The van der Waals surface area contributed by atoms with Crippen molar-refractivity contribution in [2.75, 3.05) is 0 Å². The van der Waals surface area contributed by atoms with Crippen LogP contribution in [-0.2, 0) is 6.42 Å². The Kier molecular flexibility index (Phi) is 3.00. The van der Waals surface area contributed by atoms with E-state index in [2.05, 4.69) is 31.1 Å². The molecule has 1 aliphatic rings. The zero-order valence-corrected chi connectivity index (χ0v) is 10.1. The van der Waals surface area contributed by atoms with Gasteiger partial charge in [-0.25, -0.2) is 0 Å². The maximum Gasteiger partial charge on any atom is 0.0693 e. The fourth-order valence-electron chi connectivity index (χ4n) is 2.18. The van der Waals surface area contributed by atoms with Gasteiger partial charge in [0.15, 0.2) is 0 Å². The molecule has 0 amide bonds. The second kappa shape index (κ2) is 4.29. The highest BCUT2D eigenvalue weighted by molar-refractivity contribution is 5.13. The van der Waals surface area contributed by atoms with Crippen molar-refractivity contribution in [1.82, 2.24) is 9.78 Å². The normalized spacial score (nSPS) is 19.8. The fraction of sp³-hybridized carbons (Fsp3) is 0.692. The molecule has 0 spiro atoms. The van der Waals surface area contributed by atoms with E-state index >= 15 is 0 Å². The summed E-state index contributed by atoms with van der Waals surface area (Å²) in [7, 11) is 0. The Balaban J connectivity index is 2.06. The summed E-state index contributed by atoms with van der Waals surface area (Å²) >= 11 is 0. The van der Waals surface area contributed by atoms with E-state index in [9.17, 15) is 5.26 Å². The lowest BCUT2D eigenvalue weighted by molar-refractivity contribution is 0.211. The number of hydrogen-bond acceptors (Lipinski definition) is 2. The van der Waals surface area contributed by atoms with E-state index in [1.54, 1.807) is 0 Å². The lowest BCUT2D eigenvalue weighted by Gasteiger charge is -2.34. The van der Waals surface area contributed by atoms with Crippen molar-refractivity contribution in [3.8, 4) is 6.07 Å². The van der Waals surface area contributed by atoms with Crippen molar-refractivity contribution in [3.05, 3.63) is 18.0 Å². The summed E-state index contributed by atoms with van der Waals surface area (Å²) in [6.07, 6.45) is 7.23. The molecule has 3 heteroatoms. The first kappa shape index (κ1) is 11.2. The van der Waals surface area contributed by atoms with Gasteiger partial charge in [0, 0.05) is 18.7 Å². The lowest BCUT2D eigenvalue weighted by Crippen LogP contribution is -2.30. The summed E-state index contributed by atoms with van der Waals surface area (Å²) in [5.41, 5.74) is 0.968. The van der Waals surface area contributed by atoms with Crippen molar-refractivity contribution < 1.29 is 0 Å². The van der Waals surface area contributed by atoms with Crippen LogP contribution in [0.5, 0.6) is 0 Å². The Hall–Kier alpha value is -1.30. The minimum atomic E-state index is -0.103. The fourth-order valence-corrected chi connectivity index (χ4v) is 2.18. The van der Waals surface area contributed by atoms with Crippen LogP contribution in [0.4, 0.5) is 0 Å². The van der Waals surface area contributed by atoms with Gasteiger partial charge in [0.1, 0.15) is 0 Å². The highest BCUT2D eigenvalue weighted by Gasteiger charge is 2.37. The van der Waals surface area contributed by atoms with E-state index in [1.165, 1.54) is 6.42 Å². The minimum Gasteiger partial charge on any atom is -0.270 e. The first-order valence-corrected chi connectivity index (χ1v) is 6.14. The zero-order valence-electron chi connectivity index (χ0n) is 10.1. The molecule has 1 aromatic heterocycles. The van der Waals surface area contributed by atoms with Crippen molar-refractivity contribution >= 4 is 0 Å². The van der Waals surface area contributed by atoms with E-state index < -0.39 is 0 Å². The van der Waals surface area contributed by atoms with E-state index in [-0.39, 0.29) is 5.41 Å². The molecule has 3 nitrogen and oxygen atoms in total. The van der Waals surface area contributed by atoms with Crippen LogP contribution in [0.3, 0.4) is 0 Å². The summed E-state index contributed by atoms with van der Waals surface area (Å²) in [6.45, 7) is 4.33. The third kappa shape index (κ3) is 1.97. The van der Waals surface area contributed by atoms with Crippen molar-refractivity contribution in [2.24, 2.45) is 5.41 Å². The Morgan fingerprint density at radius 2 is 2.38 bits per heavy atom. The number of rotatable bonds is 4. The van der Waals surface area contributed by atoms with Gasteiger partial charge in [-0.1, -0.05) is 13.3 Å². The van der Waals surface area contributed by atoms with Gasteiger partial charge in [0.05, 0.1) is 17.2 Å². The second-order valence-corrected chi connectivity index (χ2v) is 4.97. The Morgan fingerprint density at radius 1 is 1.62 bits per heavy atom. The van der Waals surface area contributed by atoms with E-state index in [0.717, 1.165) is 31.4 Å².